The number of nitrogens with zero attached hydrogens (tertiary/aromatic N) is 3. The van der Waals surface area contributed by atoms with Gasteiger partial charge in [0, 0.05) is 26.2 Å². The first-order chi connectivity index (χ1) is 12.7. The van der Waals surface area contributed by atoms with Crippen molar-refractivity contribution in [2.24, 2.45) is 17.8 Å². The summed E-state index contributed by atoms with van der Waals surface area (Å²) in [6, 6.07) is -0.0535. The Balaban J connectivity index is 1.65. The molecule has 2 heterocycles. The van der Waals surface area contributed by atoms with Gasteiger partial charge in [0.1, 0.15) is 0 Å². The second kappa shape index (κ2) is 7.90. The number of nitrogens with one attached hydrogen (secondary N) is 2. The van der Waals surface area contributed by atoms with Crippen LogP contribution < -0.4 is 15.5 Å². The van der Waals surface area contributed by atoms with Crippen molar-refractivity contribution in [3.8, 4) is 0 Å². The Morgan fingerprint density at radius 1 is 1.30 bits per heavy atom. The molecule has 1 aromatic heterocycles. The number of aromatic nitrogens is 2. The number of anilines is 1. The van der Waals surface area contributed by atoms with Gasteiger partial charge in [0.25, 0.3) is 0 Å². The van der Waals surface area contributed by atoms with Gasteiger partial charge < -0.3 is 15.5 Å². The van der Waals surface area contributed by atoms with Gasteiger partial charge in [-0.25, -0.2) is 0 Å². The summed E-state index contributed by atoms with van der Waals surface area (Å²) in [5.74, 6) is 1.09. The third-order valence-corrected chi connectivity index (χ3v) is 6.50. The lowest BCUT2D eigenvalue weighted by Gasteiger charge is -2.27. The summed E-state index contributed by atoms with van der Waals surface area (Å²) < 4.78 is 38.3. The number of halogens is 3. The fraction of sp³-hybridized carbons (Fsp3) is 0.824. The summed E-state index contributed by atoms with van der Waals surface area (Å²) in [6.45, 7) is 5.52. The van der Waals surface area contributed by atoms with Gasteiger partial charge in [-0.2, -0.15) is 13.2 Å². The molecule has 1 amide bonds. The minimum absolute atomic E-state index is 0.0130. The predicted octanol–water partition coefficient (Wildman–Crippen LogP) is 2.52. The number of fused-ring (bicyclic) bond motifs is 1. The van der Waals surface area contributed by atoms with Gasteiger partial charge in [-0.05, 0) is 37.0 Å². The van der Waals surface area contributed by atoms with Gasteiger partial charge in [-0.15, -0.1) is 10.2 Å². The summed E-state index contributed by atoms with van der Waals surface area (Å²) in [5, 5.41) is 12.7. The van der Waals surface area contributed by atoms with Gasteiger partial charge in [0.15, 0.2) is 0 Å². The van der Waals surface area contributed by atoms with Crippen molar-refractivity contribution >= 4 is 22.4 Å². The maximum Gasteiger partial charge on any atom is 0.445 e. The van der Waals surface area contributed by atoms with E-state index in [1.807, 2.05) is 4.90 Å². The molecule has 2 N–H and O–H groups in total. The summed E-state index contributed by atoms with van der Waals surface area (Å²) in [7, 11) is 1.64. The number of rotatable bonds is 6. The number of hydrogen-bond acceptors (Lipinski definition) is 6. The highest BCUT2D eigenvalue weighted by molar-refractivity contribution is 7.15. The molecule has 10 heteroatoms. The van der Waals surface area contributed by atoms with E-state index < -0.39 is 11.2 Å². The van der Waals surface area contributed by atoms with Crippen molar-refractivity contribution in [3.05, 3.63) is 5.01 Å². The third-order valence-electron chi connectivity index (χ3n) is 5.47. The second-order valence-electron chi connectivity index (χ2n) is 7.86. The second-order valence-corrected chi connectivity index (χ2v) is 8.82. The van der Waals surface area contributed by atoms with Crippen LogP contribution in [-0.4, -0.2) is 48.3 Å². The first-order valence-electron chi connectivity index (χ1n) is 9.32. The van der Waals surface area contributed by atoms with Crippen molar-refractivity contribution in [3.63, 3.8) is 0 Å². The molecular formula is C17H26F3N5OS. The fourth-order valence-corrected chi connectivity index (χ4v) is 4.97. The highest BCUT2D eigenvalue weighted by Crippen LogP contribution is 2.42. The lowest BCUT2D eigenvalue weighted by atomic mass is 9.95. The Kier molecular flexibility index (Phi) is 5.95. The van der Waals surface area contributed by atoms with Crippen LogP contribution in [0.3, 0.4) is 0 Å². The zero-order chi connectivity index (χ0) is 19.8. The maximum atomic E-state index is 12.8. The van der Waals surface area contributed by atoms with E-state index in [4.69, 9.17) is 0 Å². The molecule has 0 aromatic carbocycles. The van der Waals surface area contributed by atoms with Crippen LogP contribution in [0.1, 0.15) is 38.1 Å². The molecule has 6 nitrogen and oxygen atoms in total. The largest absolute Gasteiger partial charge is 0.445 e. The SMILES string of the molecule is CNC(=O)[C@H](CC(C)C)N[C@H]1CC[C@@H]2CN(c3nnc(C(F)(F)F)s3)C[C@@H]21. The zero-order valence-electron chi connectivity index (χ0n) is 15.7. The molecule has 4 atom stereocenters. The first-order valence-corrected chi connectivity index (χ1v) is 10.1. The van der Waals surface area contributed by atoms with Crippen molar-refractivity contribution in [1.29, 1.82) is 0 Å². The van der Waals surface area contributed by atoms with Gasteiger partial charge >= 0.3 is 6.18 Å². The van der Waals surface area contributed by atoms with Gasteiger partial charge in [0.05, 0.1) is 6.04 Å². The van der Waals surface area contributed by atoms with Crippen LogP contribution in [0.25, 0.3) is 0 Å². The van der Waals surface area contributed by atoms with E-state index >= 15 is 0 Å². The minimum atomic E-state index is -4.45. The van der Waals surface area contributed by atoms with Gasteiger partial charge in [0.2, 0.25) is 16.0 Å². The van der Waals surface area contributed by atoms with E-state index in [1.165, 1.54) is 0 Å². The predicted molar refractivity (Wildman–Crippen MR) is 97.6 cm³/mol. The standard InChI is InChI=1S/C17H26F3N5OS/c1-9(2)6-13(14(26)21-3)22-12-5-4-10-7-25(8-11(10)12)16-24-23-15(27-16)17(18,19)20/h9-13,22H,4-8H2,1-3H3,(H,21,26)/t10-,11+,12+,13+/m1/s1. The van der Waals surface area contributed by atoms with Crippen LogP contribution in [0.15, 0.2) is 0 Å². The summed E-state index contributed by atoms with van der Waals surface area (Å²) in [5.41, 5.74) is 0. The smallest absolute Gasteiger partial charge is 0.358 e. The molecule has 0 unspecified atom stereocenters. The molecule has 152 valence electrons. The first kappa shape index (κ1) is 20.3. The Morgan fingerprint density at radius 3 is 2.63 bits per heavy atom. The van der Waals surface area contributed by atoms with Crippen LogP contribution >= 0.6 is 11.3 Å². The maximum absolute atomic E-state index is 12.8. The van der Waals surface area contributed by atoms with Gasteiger partial charge in [-0.1, -0.05) is 25.2 Å². The molecule has 2 aliphatic rings. The Hall–Kier alpha value is -1.42. The van der Waals surface area contributed by atoms with Gasteiger partial charge in [-0.3, -0.25) is 4.79 Å². The average Bonchev–Trinajstić information content (AvgIpc) is 3.28. The van der Waals surface area contributed by atoms with Crippen LogP contribution in [-0.2, 0) is 11.0 Å². The Labute approximate surface area is 160 Å². The summed E-state index contributed by atoms with van der Waals surface area (Å²) >= 11 is 0.602. The highest BCUT2D eigenvalue weighted by atomic mass is 32.1. The molecule has 2 fully saturated rings. The number of carbonyl (C=O) groups excluding carboxylic acids is 1. The molecule has 3 rings (SSSR count). The molecule has 0 radical (unpaired) electrons. The Bertz CT molecular complexity index is 665. The number of likely N-dealkylation sites (N-methyl/N-ethyl adjacent to an activating group) is 1. The number of amides is 1. The van der Waals surface area contributed by atoms with Crippen molar-refractivity contribution in [2.45, 2.75) is 51.4 Å². The molecule has 1 saturated heterocycles. The van der Waals surface area contributed by atoms with Crippen LogP contribution in [0.5, 0.6) is 0 Å². The van der Waals surface area contributed by atoms with E-state index in [9.17, 15) is 18.0 Å². The topological polar surface area (TPSA) is 70.2 Å². The summed E-state index contributed by atoms with van der Waals surface area (Å²) in [6.07, 6.45) is -1.71. The van der Waals surface area contributed by atoms with E-state index in [2.05, 4.69) is 34.7 Å². The van der Waals surface area contributed by atoms with E-state index in [0.717, 1.165) is 19.3 Å². The fourth-order valence-electron chi connectivity index (χ4n) is 4.24. The number of carbonyl (C=O) groups is 1. The molecule has 1 aromatic rings. The molecule has 1 aliphatic heterocycles. The van der Waals surface area contributed by atoms with Crippen LogP contribution in [0, 0.1) is 17.8 Å². The van der Waals surface area contributed by atoms with Crippen molar-refractivity contribution < 1.29 is 18.0 Å². The zero-order valence-corrected chi connectivity index (χ0v) is 16.5. The van der Waals surface area contributed by atoms with Crippen molar-refractivity contribution in [2.75, 3.05) is 25.0 Å². The number of hydrogen-bond donors (Lipinski definition) is 2. The monoisotopic (exact) mass is 405 g/mol. The molecule has 1 saturated carbocycles. The molecular weight excluding hydrogens is 379 g/mol. The lowest BCUT2D eigenvalue weighted by Crippen LogP contribution is -2.50. The summed E-state index contributed by atoms with van der Waals surface area (Å²) in [4.78, 5) is 14.1. The molecule has 27 heavy (non-hydrogen) atoms. The minimum Gasteiger partial charge on any atom is -0.358 e. The quantitative estimate of drug-likeness (QED) is 0.761. The van der Waals surface area contributed by atoms with Crippen LogP contribution in [0.2, 0.25) is 0 Å². The Morgan fingerprint density at radius 2 is 2.04 bits per heavy atom. The van der Waals surface area contributed by atoms with Crippen LogP contribution in [0.4, 0.5) is 18.3 Å². The van der Waals surface area contributed by atoms with Crippen molar-refractivity contribution in [1.82, 2.24) is 20.8 Å². The van der Waals surface area contributed by atoms with E-state index in [-0.39, 0.29) is 18.0 Å². The average molecular weight is 405 g/mol. The van der Waals surface area contributed by atoms with E-state index in [1.54, 1.807) is 7.05 Å². The molecule has 0 spiro atoms. The normalized spacial score (nSPS) is 26.5. The third kappa shape index (κ3) is 4.53. The van der Waals surface area contributed by atoms with E-state index in [0.29, 0.717) is 47.3 Å². The highest BCUT2D eigenvalue weighted by Gasteiger charge is 2.45. The molecule has 1 aliphatic carbocycles. The molecule has 0 bridgehead atoms. The lowest BCUT2D eigenvalue weighted by molar-refractivity contribution is -0.138. The number of alkyl halides is 3.